The molecule has 17 heteroatoms. The fraction of sp³-hybridized carbons (Fsp3) is 0.680. The Morgan fingerprint density at radius 1 is 0.690 bits per heavy atom. The summed E-state index contributed by atoms with van der Waals surface area (Å²) in [5.41, 5.74) is 0.0927. The van der Waals surface area contributed by atoms with Crippen molar-refractivity contribution < 1.29 is 66.7 Å². The van der Waals surface area contributed by atoms with Gasteiger partial charge in [0, 0.05) is 18.9 Å². The topological polar surface area (TPSA) is 37.4 Å². The first-order valence-electron chi connectivity index (χ1n) is 12.6. The number of carbonyl (C=O) groups excluding carboxylic acids is 2. The molecule has 0 spiro atoms. The molecule has 1 aromatic rings. The molecule has 2 unspecified atom stereocenters. The molecule has 0 radical (unpaired) electrons. The summed E-state index contributed by atoms with van der Waals surface area (Å²) in [5.74, 6) is -40.2. The number of likely N-dealkylation sites (tertiary alicyclic amines) is 1. The van der Waals surface area contributed by atoms with Gasteiger partial charge in [-0.15, -0.1) is 0 Å². The molecule has 1 heterocycles. The zero-order chi connectivity index (χ0) is 32.7. The van der Waals surface area contributed by atoms with Gasteiger partial charge in [0.15, 0.2) is 7.28 Å². The van der Waals surface area contributed by atoms with Crippen LogP contribution in [-0.4, -0.2) is 66.3 Å². The maximum Gasteiger partial charge on any atom is 0.460 e. The van der Waals surface area contributed by atoms with Crippen LogP contribution in [0.25, 0.3) is 0 Å². The molecule has 1 fully saturated rings. The van der Waals surface area contributed by atoms with Crippen molar-refractivity contribution in [1.82, 2.24) is 4.90 Å². The molecular weight excluding hydrogens is 604 g/mol. The monoisotopic (exact) mass is 631 g/mol. The number of benzene rings is 1. The predicted molar refractivity (Wildman–Crippen MR) is 126 cm³/mol. The van der Waals surface area contributed by atoms with E-state index >= 15 is 0 Å². The van der Waals surface area contributed by atoms with Gasteiger partial charge in [-0.1, -0.05) is 62.9 Å². The van der Waals surface area contributed by atoms with Crippen molar-refractivity contribution in [2.75, 3.05) is 6.54 Å². The molecule has 42 heavy (non-hydrogen) atoms. The second-order valence-corrected chi connectivity index (χ2v) is 11.3. The predicted octanol–water partition coefficient (Wildman–Crippen LogP) is 6.72. The van der Waals surface area contributed by atoms with E-state index in [4.69, 9.17) is 0 Å². The summed E-state index contributed by atoms with van der Waals surface area (Å²) in [7, 11) is 0.387. The number of carbonyl (C=O) groups is 2. The number of hydrogen-bond donors (Lipinski definition) is 0. The van der Waals surface area contributed by atoms with Gasteiger partial charge in [-0.05, 0) is 18.3 Å². The third-order valence-electron chi connectivity index (χ3n) is 7.16. The number of hydrogen-bond acceptors (Lipinski definition) is 2. The Kier molecular flexibility index (Phi) is 9.82. The Labute approximate surface area is 233 Å². The third kappa shape index (κ3) is 6.24. The van der Waals surface area contributed by atoms with Crippen molar-refractivity contribution in [3.63, 3.8) is 0 Å². The zero-order valence-corrected chi connectivity index (χ0v) is 22.5. The van der Waals surface area contributed by atoms with Crippen molar-refractivity contribution in [3.05, 3.63) is 30.3 Å². The fourth-order valence-electron chi connectivity index (χ4n) is 4.82. The minimum atomic E-state index is -7.95. The van der Waals surface area contributed by atoms with Crippen LogP contribution in [0.15, 0.2) is 30.3 Å². The summed E-state index contributed by atoms with van der Waals surface area (Å²) in [6.45, 7) is 4.36. The van der Waals surface area contributed by atoms with E-state index in [9.17, 15) is 66.7 Å². The highest BCUT2D eigenvalue weighted by molar-refractivity contribution is 6.53. The van der Waals surface area contributed by atoms with Crippen molar-refractivity contribution in [1.29, 1.82) is 0 Å². The van der Waals surface area contributed by atoms with E-state index in [2.05, 4.69) is 0 Å². The number of rotatable bonds is 12. The molecular formula is C25H27BF13NO2. The van der Waals surface area contributed by atoms with Crippen LogP contribution in [0.1, 0.15) is 40.0 Å². The highest BCUT2D eigenvalue weighted by Gasteiger charge is 2.90. The Bertz CT molecular complexity index is 1120. The minimum absolute atomic E-state index is 0.211. The van der Waals surface area contributed by atoms with Crippen LogP contribution in [0, 0.1) is 17.3 Å². The highest BCUT2D eigenvalue weighted by Crippen LogP contribution is 2.60. The first-order valence-corrected chi connectivity index (χ1v) is 12.6. The van der Waals surface area contributed by atoms with Gasteiger partial charge in [-0.2, -0.15) is 57.1 Å². The lowest BCUT2D eigenvalue weighted by Crippen LogP contribution is -2.70. The molecule has 1 saturated heterocycles. The molecule has 0 aliphatic carbocycles. The van der Waals surface area contributed by atoms with Gasteiger partial charge >= 0.3 is 35.8 Å². The van der Waals surface area contributed by atoms with Crippen LogP contribution in [0.3, 0.4) is 0 Å². The van der Waals surface area contributed by atoms with Gasteiger partial charge in [0.2, 0.25) is 11.8 Å². The summed E-state index contributed by atoms with van der Waals surface area (Å²) in [5, 5.41) is 0. The van der Waals surface area contributed by atoms with Crippen molar-refractivity contribution >= 4 is 24.6 Å². The molecule has 0 saturated carbocycles. The second kappa shape index (κ2) is 11.5. The van der Waals surface area contributed by atoms with E-state index in [1.165, 1.54) is 0 Å². The summed E-state index contributed by atoms with van der Waals surface area (Å²) >= 11 is 0. The van der Waals surface area contributed by atoms with E-state index < -0.39 is 90.7 Å². The average molecular weight is 631 g/mol. The number of imide groups is 1. The van der Waals surface area contributed by atoms with Gasteiger partial charge in [0.1, 0.15) is 0 Å². The standard InChI is InChI=1S/C25H27BF13NO2/c1-19(2,3)16-15(13-26-14-9-5-4-6-10-14)17(41)40(18(16)42)12-8-7-11-20(27,28)21(29,30)22(31,32)23(33,34)24(35,36)25(37,38)39/h4-6,9-10,15-16,26H,7-8,11-13H2,1-3H3. The molecule has 2 amide bonds. The normalized spacial score (nSPS) is 20.0. The van der Waals surface area contributed by atoms with Crippen molar-refractivity contribution in [3.8, 4) is 0 Å². The largest absolute Gasteiger partial charge is 0.460 e. The number of unbranched alkanes of at least 4 members (excludes halogenated alkanes) is 1. The Morgan fingerprint density at radius 2 is 1.19 bits per heavy atom. The van der Waals surface area contributed by atoms with Crippen LogP contribution in [0.5, 0.6) is 0 Å². The van der Waals surface area contributed by atoms with Crippen LogP contribution in [-0.2, 0) is 9.59 Å². The molecule has 3 nitrogen and oxygen atoms in total. The lowest BCUT2D eigenvalue weighted by atomic mass is 9.59. The average Bonchev–Trinajstić information content (AvgIpc) is 3.08. The van der Waals surface area contributed by atoms with E-state index in [0.29, 0.717) is 12.2 Å². The zero-order valence-electron chi connectivity index (χ0n) is 22.5. The van der Waals surface area contributed by atoms with Crippen LogP contribution in [0.2, 0.25) is 6.32 Å². The molecule has 0 bridgehead atoms. The second-order valence-electron chi connectivity index (χ2n) is 11.3. The number of halogens is 13. The van der Waals surface area contributed by atoms with Gasteiger partial charge in [0.25, 0.3) is 0 Å². The fourth-order valence-corrected chi connectivity index (χ4v) is 4.82. The van der Waals surface area contributed by atoms with Crippen LogP contribution in [0.4, 0.5) is 57.1 Å². The number of nitrogens with zero attached hydrogens (tertiary/aromatic N) is 1. The summed E-state index contributed by atoms with van der Waals surface area (Å²) in [6, 6.07) is 8.83. The molecule has 1 aliphatic heterocycles. The molecule has 0 aromatic heterocycles. The highest BCUT2D eigenvalue weighted by atomic mass is 19.4. The minimum Gasteiger partial charge on any atom is -0.282 e. The van der Waals surface area contributed by atoms with Crippen molar-refractivity contribution in [2.24, 2.45) is 17.3 Å². The quantitative estimate of drug-likeness (QED) is 0.111. The Morgan fingerprint density at radius 3 is 1.67 bits per heavy atom. The summed E-state index contributed by atoms with van der Waals surface area (Å²) < 4.78 is 173. The Hall–Kier alpha value is -2.49. The smallest absolute Gasteiger partial charge is 0.282 e. The molecule has 2 rings (SSSR count). The van der Waals surface area contributed by atoms with Crippen LogP contribution >= 0.6 is 0 Å². The molecule has 238 valence electrons. The number of amides is 2. The lowest BCUT2D eigenvalue weighted by Gasteiger charge is -2.39. The van der Waals surface area contributed by atoms with Crippen LogP contribution < -0.4 is 5.46 Å². The first kappa shape index (κ1) is 35.7. The molecule has 2 atom stereocenters. The van der Waals surface area contributed by atoms with E-state index in [0.717, 1.165) is 5.46 Å². The lowest BCUT2D eigenvalue weighted by molar-refractivity contribution is -0.440. The maximum absolute atomic E-state index is 14.1. The maximum atomic E-state index is 14.1. The third-order valence-corrected chi connectivity index (χ3v) is 7.16. The van der Waals surface area contributed by atoms with E-state index in [1.54, 1.807) is 51.1 Å². The number of alkyl halides is 13. The van der Waals surface area contributed by atoms with Gasteiger partial charge in [-0.25, -0.2) is 0 Å². The molecule has 1 aromatic carbocycles. The van der Waals surface area contributed by atoms with Gasteiger partial charge in [0.05, 0.1) is 5.92 Å². The summed E-state index contributed by atoms with van der Waals surface area (Å²) in [4.78, 5) is 26.8. The first-order chi connectivity index (χ1) is 18.8. The summed E-state index contributed by atoms with van der Waals surface area (Å²) in [6.07, 6.45) is -11.6. The molecule has 0 N–H and O–H groups in total. The van der Waals surface area contributed by atoms with Gasteiger partial charge < -0.3 is 0 Å². The Balaban J connectivity index is 2.14. The molecule has 1 aliphatic rings. The van der Waals surface area contributed by atoms with Gasteiger partial charge in [-0.3, -0.25) is 14.5 Å². The SMILES string of the molecule is CC(C)(C)C1C(=O)N(CCCCC(F)(F)C(F)(F)C(F)(F)C(F)(F)C(F)(F)C(F)(F)F)C(=O)C1CBc1ccccc1. The van der Waals surface area contributed by atoms with Crippen molar-refractivity contribution in [2.45, 2.75) is 82.1 Å². The van der Waals surface area contributed by atoms with E-state index in [-0.39, 0.29) is 6.32 Å². The van der Waals surface area contributed by atoms with E-state index in [1.807, 2.05) is 0 Å².